The number of ether oxygens (including phenoxy) is 2. The first-order chi connectivity index (χ1) is 10.1. The number of aliphatic carboxylic acids is 1. The number of carboxylic acids is 1. The lowest BCUT2D eigenvalue weighted by Gasteiger charge is -2.22. The number of carbonyl (C=O) groups excluding carboxylic acids is 1. The second kappa shape index (κ2) is 8.31. The van der Waals surface area contributed by atoms with Crippen LogP contribution in [0.2, 0.25) is 0 Å². The van der Waals surface area contributed by atoms with Crippen molar-refractivity contribution in [2.45, 2.75) is 50.4 Å². The van der Waals surface area contributed by atoms with Crippen LogP contribution in [-0.4, -0.2) is 61.5 Å². The van der Waals surface area contributed by atoms with Crippen LogP contribution < -0.4 is 10.6 Å². The van der Waals surface area contributed by atoms with Crippen LogP contribution in [0.25, 0.3) is 0 Å². The quantitative estimate of drug-likeness (QED) is 0.607. The number of carbonyl (C=O) groups is 2. The largest absolute Gasteiger partial charge is 0.479 e. The van der Waals surface area contributed by atoms with Crippen molar-refractivity contribution in [2.24, 2.45) is 0 Å². The standard InChI is InChI=1S/C14H24N2O5/c17-13(5-8-20-10-3-6-15-7-4-10)16-9-11-1-2-12(21-11)14(18)19/h10-12,15H,1-9H2,(H,16,17)(H,18,19). The number of amides is 1. The van der Waals surface area contributed by atoms with E-state index in [0.29, 0.717) is 32.4 Å². The molecule has 0 aromatic carbocycles. The molecule has 2 atom stereocenters. The van der Waals surface area contributed by atoms with E-state index in [0.717, 1.165) is 25.9 Å². The molecule has 2 saturated heterocycles. The van der Waals surface area contributed by atoms with Gasteiger partial charge in [-0.2, -0.15) is 0 Å². The highest BCUT2D eigenvalue weighted by Gasteiger charge is 2.30. The van der Waals surface area contributed by atoms with Gasteiger partial charge < -0.3 is 25.2 Å². The topological polar surface area (TPSA) is 96.9 Å². The van der Waals surface area contributed by atoms with Crippen molar-refractivity contribution in [3.05, 3.63) is 0 Å². The molecule has 2 heterocycles. The fourth-order valence-corrected chi connectivity index (χ4v) is 2.63. The molecule has 2 aliphatic heterocycles. The van der Waals surface area contributed by atoms with Crippen molar-refractivity contribution >= 4 is 11.9 Å². The maximum absolute atomic E-state index is 11.7. The normalized spacial score (nSPS) is 26.7. The van der Waals surface area contributed by atoms with E-state index in [-0.39, 0.29) is 18.1 Å². The van der Waals surface area contributed by atoms with Crippen molar-refractivity contribution in [3.8, 4) is 0 Å². The molecule has 3 N–H and O–H groups in total. The van der Waals surface area contributed by atoms with E-state index in [1.807, 2.05) is 0 Å². The summed E-state index contributed by atoms with van der Waals surface area (Å²) in [6, 6.07) is 0. The zero-order chi connectivity index (χ0) is 15.1. The van der Waals surface area contributed by atoms with Crippen LogP contribution in [0.3, 0.4) is 0 Å². The van der Waals surface area contributed by atoms with Gasteiger partial charge in [-0.25, -0.2) is 4.79 Å². The minimum atomic E-state index is -0.931. The first-order valence-corrected chi connectivity index (χ1v) is 7.62. The third-order valence-electron chi connectivity index (χ3n) is 3.88. The zero-order valence-corrected chi connectivity index (χ0v) is 12.2. The number of carboxylic acid groups (broad SMARTS) is 1. The summed E-state index contributed by atoms with van der Waals surface area (Å²) in [5, 5.41) is 14.8. The van der Waals surface area contributed by atoms with E-state index in [1.165, 1.54) is 0 Å². The van der Waals surface area contributed by atoms with Gasteiger partial charge in [0, 0.05) is 13.0 Å². The number of piperidine rings is 1. The van der Waals surface area contributed by atoms with Gasteiger partial charge in [0.1, 0.15) is 0 Å². The van der Waals surface area contributed by atoms with Gasteiger partial charge in [0.2, 0.25) is 5.91 Å². The summed E-state index contributed by atoms with van der Waals surface area (Å²) in [7, 11) is 0. The van der Waals surface area contributed by atoms with Crippen molar-refractivity contribution in [3.63, 3.8) is 0 Å². The van der Waals surface area contributed by atoms with Gasteiger partial charge in [-0.1, -0.05) is 0 Å². The van der Waals surface area contributed by atoms with Crippen LogP contribution in [0.5, 0.6) is 0 Å². The Balaban J connectivity index is 1.52. The van der Waals surface area contributed by atoms with Gasteiger partial charge in [0.25, 0.3) is 0 Å². The summed E-state index contributed by atoms with van der Waals surface area (Å²) >= 11 is 0. The summed E-state index contributed by atoms with van der Waals surface area (Å²) < 4.78 is 11.0. The molecule has 2 unspecified atom stereocenters. The Bertz CT molecular complexity index is 357. The molecule has 0 saturated carbocycles. The van der Waals surface area contributed by atoms with Crippen LogP contribution in [0.15, 0.2) is 0 Å². The Labute approximate surface area is 124 Å². The van der Waals surface area contributed by atoms with Crippen molar-refractivity contribution < 1.29 is 24.2 Å². The Kier molecular flexibility index (Phi) is 6.41. The predicted molar refractivity (Wildman–Crippen MR) is 75.0 cm³/mol. The smallest absolute Gasteiger partial charge is 0.332 e. The Morgan fingerprint density at radius 3 is 2.67 bits per heavy atom. The van der Waals surface area contributed by atoms with Gasteiger partial charge in [-0.15, -0.1) is 0 Å². The summed E-state index contributed by atoms with van der Waals surface area (Å²) in [4.78, 5) is 22.4. The summed E-state index contributed by atoms with van der Waals surface area (Å²) in [5.74, 6) is -1.01. The fourth-order valence-electron chi connectivity index (χ4n) is 2.63. The van der Waals surface area contributed by atoms with Crippen LogP contribution in [0, 0.1) is 0 Å². The number of rotatable bonds is 7. The molecule has 0 radical (unpaired) electrons. The van der Waals surface area contributed by atoms with Crippen molar-refractivity contribution in [2.75, 3.05) is 26.2 Å². The lowest BCUT2D eigenvalue weighted by atomic mass is 10.1. The summed E-state index contributed by atoms with van der Waals surface area (Å²) in [6.07, 6.45) is 2.84. The highest BCUT2D eigenvalue weighted by molar-refractivity contribution is 5.76. The van der Waals surface area contributed by atoms with Crippen LogP contribution in [0.4, 0.5) is 0 Å². The third kappa shape index (κ3) is 5.61. The Morgan fingerprint density at radius 2 is 2.00 bits per heavy atom. The van der Waals surface area contributed by atoms with E-state index in [1.54, 1.807) is 0 Å². The van der Waals surface area contributed by atoms with Gasteiger partial charge in [0.05, 0.1) is 18.8 Å². The maximum atomic E-state index is 11.7. The summed E-state index contributed by atoms with van der Waals surface area (Å²) in [6.45, 7) is 2.75. The zero-order valence-electron chi connectivity index (χ0n) is 12.2. The number of hydrogen-bond acceptors (Lipinski definition) is 5. The molecule has 21 heavy (non-hydrogen) atoms. The minimum absolute atomic E-state index is 0.0775. The monoisotopic (exact) mass is 300 g/mol. The SMILES string of the molecule is O=C(CCOC1CCNCC1)NCC1CCC(C(=O)O)O1. The fraction of sp³-hybridized carbons (Fsp3) is 0.857. The molecule has 0 spiro atoms. The van der Waals surface area contributed by atoms with E-state index >= 15 is 0 Å². The lowest BCUT2D eigenvalue weighted by Crippen LogP contribution is -2.35. The highest BCUT2D eigenvalue weighted by atomic mass is 16.5. The molecule has 2 fully saturated rings. The Hall–Kier alpha value is -1.18. The van der Waals surface area contributed by atoms with Crippen molar-refractivity contribution in [1.82, 2.24) is 10.6 Å². The molecule has 7 nitrogen and oxygen atoms in total. The molecule has 1 amide bonds. The molecule has 2 aliphatic rings. The average molecular weight is 300 g/mol. The van der Waals surface area contributed by atoms with Crippen LogP contribution >= 0.6 is 0 Å². The second-order valence-corrected chi connectivity index (χ2v) is 5.54. The van der Waals surface area contributed by atoms with Crippen molar-refractivity contribution in [1.29, 1.82) is 0 Å². The highest BCUT2D eigenvalue weighted by Crippen LogP contribution is 2.19. The first-order valence-electron chi connectivity index (χ1n) is 7.62. The predicted octanol–water partition coefficient (Wildman–Crippen LogP) is -0.106. The Morgan fingerprint density at radius 1 is 1.24 bits per heavy atom. The van der Waals surface area contributed by atoms with E-state index in [4.69, 9.17) is 14.6 Å². The lowest BCUT2D eigenvalue weighted by molar-refractivity contribution is -0.149. The minimum Gasteiger partial charge on any atom is -0.479 e. The summed E-state index contributed by atoms with van der Waals surface area (Å²) in [5.41, 5.74) is 0. The second-order valence-electron chi connectivity index (χ2n) is 5.54. The molecule has 2 rings (SSSR count). The molecule has 0 bridgehead atoms. The van der Waals surface area contributed by atoms with Gasteiger partial charge >= 0.3 is 5.97 Å². The van der Waals surface area contributed by atoms with Gasteiger partial charge in [-0.05, 0) is 38.8 Å². The molecule has 0 aromatic rings. The number of hydrogen-bond donors (Lipinski definition) is 3. The van der Waals surface area contributed by atoms with Crippen LogP contribution in [0.1, 0.15) is 32.1 Å². The van der Waals surface area contributed by atoms with E-state index in [2.05, 4.69) is 10.6 Å². The average Bonchev–Trinajstić information content (AvgIpc) is 2.95. The third-order valence-corrected chi connectivity index (χ3v) is 3.88. The first kappa shape index (κ1) is 16.2. The molecule has 0 aliphatic carbocycles. The van der Waals surface area contributed by atoms with Gasteiger partial charge in [-0.3, -0.25) is 4.79 Å². The van der Waals surface area contributed by atoms with Crippen LogP contribution in [-0.2, 0) is 19.1 Å². The molecular formula is C14H24N2O5. The molecule has 120 valence electrons. The molecule has 0 aromatic heterocycles. The maximum Gasteiger partial charge on any atom is 0.332 e. The van der Waals surface area contributed by atoms with Gasteiger partial charge in [0.15, 0.2) is 6.10 Å². The number of nitrogens with one attached hydrogen (secondary N) is 2. The van der Waals surface area contributed by atoms with E-state index < -0.39 is 12.1 Å². The molecular weight excluding hydrogens is 276 g/mol. The van der Waals surface area contributed by atoms with E-state index in [9.17, 15) is 9.59 Å². The molecule has 7 heteroatoms.